The lowest BCUT2D eigenvalue weighted by Gasteiger charge is -2.32. The van der Waals surface area contributed by atoms with Crippen LogP contribution in [-0.4, -0.2) is 23.1 Å². The molecule has 6 nitrogen and oxygen atoms in total. The van der Waals surface area contributed by atoms with E-state index in [1.165, 1.54) is 24.9 Å². The first-order chi connectivity index (χ1) is 14.2. The van der Waals surface area contributed by atoms with Crippen LogP contribution in [0.4, 0.5) is 28.7 Å². The molecule has 0 atom stereocenters. The molecule has 29 heavy (non-hydrogen) atoms. The molecule has 0 spiro atoms. The topological polar surface area (TPSA) is 76.9 Å². The average molecular weight is 384 g/mol. The number of hydrogen-bond acceptors (Lipinski definition) is 6. The highest BCUT2D eigenvalue weighted by Gasteiger charge is 2.15. The fourth-order valence-corrected chi connectivity index (χ4v) is 3.49. The zero-order valence-electron chi connectivity index (χ0n) is 16.5. The maximum atomic E-state index is 9.24. The van der Waals surface area contributed by atoms with Gasteiger partial charge in [0, 0.05) is 30.5 Å². The lowest BCUT2D eigenvalue weighted by molar-refractivity contribution is 0.438. The molecule has 1 aromatic heterocycles. The highest BCUT2D eigenvalue weighted by molar-refractivity contribution is 5.67. The van der Waals surface area contributed by atoms with Crippen molar-refractivity contribution in [3.63, 3.8) is 0 Å². The molecule has 6 heteroatoms. The van der Waals surface area contributed by atoms with Crippen LogP contribution in [0.1, 0.15) is 25.3 Å². The van der Waals surface area contributed by atoms with Crippen molar-refractivity contribution in [3.8, 4) is 6.07 Å². The van der Waals surface area contributed by atoms with Gasteiger partial charge >= 0.3 is 0 Å². The van der Waals surface area contributed by atoms with E-state index in [-0.39, 0.29) is 0 Å². The van der Waals surface area contributed by atoms with E-state index in [0.717, 1.165) is 30.4 Å². The van der Waals surface area contributed by atoms with Crippen molar-refractivity contribution in [3.05, 3.63) is 66.5 Å². The van der Waals surface area contributed by atoms with Gasteiger partial charge in [0.2, 0.25) is 0 Å². The summed E-state index contributed by atoms with van der Waals surface area (Å²) in [7, 11) is 0. The van der Waals surface area contributed by atoms with Gasteiger partial charge in [0.05, 0.1) is 11.3 Å². The number of nitrogens with zero attached hydrogens (tertiary/aromatic N) is 4. The van der Waals surface area contributed by atoms with E-state index < -0.39 is 0 Å². The Hall–Kier alpha value is -3.59. The predicted molar refractivity (Wildman–Crippen MR) is 117 cm³/mol. The van der Waals surface area contributed by atoms with Crippen LogP contribution in [0.3, 0.4) is 0 Å². The van der Waals surface area contributed by atoms with E-state index in [9.17, 15) is 5.26 Å². The van der Waals surface area contributed by atoms with Crippen molar-refractivity contribution < 1.29 is 0 Å². The molecule has 1 aliphatic heterocycles. The molecule has 1 fully saturated rings. The summed E-state index contributed by atoms with van der Waals surface area (Å²) in [6.07, 6.45) is 4.01. The summed E-state index contributed by atoms with van der Waals surface area (Å²) in [5.74, 6) is 2.15. The second-order valence-corrected chi connectivity index (χ2v) is 7.41. The fraction of sp³-hybridized carbons (Fsp3) is 0.261. The second kappa shape index (κ2) is 8.61. The van der Waals surface area contributed by atoms with E-state index in [1.807, 2.05) is 24.3 Å². The molecule has 3 aromatic rings. The van der Waals surface area contributed by atoms with E-state index in [0.29, 0.717) is 17.2 Å². The van der Waals surface area contributed by atoms with Crippen LogP contribution in [-0.2, 0) is 0 Å². The molecule has 0 saturated carbocycles. The van der Waals surface area contributed by atoms with E-state index in [4.69, 9.17) is 0 Å². The number of nitriles is 1. The summed E-state index contributed by atoms with van der Waals surface area (Å²) < 4.78 is 0. The molecular formula is C23H24N6. The van der Waals surface area contributed by atoms with Gasteiger partial charge in [0.15, 0.2) is 0 Å². The third-order valence-corrected chi connectivity index (χ3v) is 5.27. The van der Waals surface area contributed by atoms with Crippen molar-refractivity contribution in [1.82, 2.24) is 9.97 Å². The Morgan fingerprint density at radius 1 is 0.966 bits per heavy atom. The van der Waals surface area contributed by atoms with Crippen LogP contribution < -0.4 is 15.5 Å². The predicted octanol–water partition coefficient (Wildman–Crippen LogP) is 5.07. The molecule has 0 aliphatic carbocycles. The molecule has 1 aliphatic rings. The lowest BCUT2D eigenvalue weighted by atomic mass is 9.99. The zero-order valence-corrected chi connectivity index (χ0v) is 16.5. The Balaban J connectivity index is 1.43. The van der Waals surface area contributed by atoms with Gasteiger partial charge in [-0.1, -0.05) is 19.1 Å². The van der Waals surface area contributed by atoms with Crippen LogP contribution in [0.5, 0.6) is 0 Å². The minimum Gasteiger partial charge on any atom is -0.372 e. The summed E-state index contributed by atoms with van der Waals surface area (Å²) in [6, 6.07) is 19.8. The Bertz CT molecular complexity index is 1000. The second-order valence-electron chi connectivity index (χ2n) is 7.41. The Kier molecular flexibility index (Phi) is 5.57. The van der Waals surface area contributed by atoms with Gasteiger partial charge in [-0.3, -0.25) is 0 Å². The van der Waals surface area contributed by atoms with Crippen LogP contribution in [0.25, 0.3) is 0 Å². The summed E-state index contributed by atoms with van der Waals surface area (Å²) in [5, 5.41) is 15.7. The molecule has 0 radical (unpaired) electrons. The monoisotopic (exact) mass is 384 g/mol. The third-order valence-electron chi connectivity index (χ3n) is 5.27. The van der Waals surface area contributed by atoms with Gasteiger partial charge in [-0.05, 0) is 55.2 Å². The smallest absolute Gasteiger partial charge is 0.135 e. The third kappa shape index (κ3) is 4.64. The van der Waals surface area contributed by atoms with Crippen LogP contribution >= 0.6 is 0 Å². The summed E-state index contributed by atoms with van der Waals surface area (Å²) >= 11 is 0. The van der Waals surface area contributed by atoms with Crippen molar-refractivity contribution in [2.24, 2.45) is 5.92 Å². The highest BCUT2D eigenvalue weighted by Crippen LogP contribution is 2.26. The van der Waals surface area contributed by atoms with Crippen molar-refractivity contribution in [1.29, 1.82) is 5.26 Å². The summed E-state index contributed by atoms with van der Waals surface area (Å²) in [5.41, 5.74) is 3.53. The van der Waals surface area contributed by atoms with Gasteiger partial charge in [-0.25, -0.2) is 9.97 Å². The first kappa shape index (κ1) is 18.8. The molecule has 146 valence electrons. The maximum absolute atomic E-state index is 9.24. The molecule has 4 rings (SSSR count). The Morgan fingerprint density at radius 3 is 2.38 bits per heavy atom. The van der Waals surface area contributed by atoms with Crippen LogP contribution in [0.15, 0.2) is 60.9 Å². The summed E-state index contributed by atoms with van der Waals surface area (Å²) in [4.78, 5) is 11.0. The SMILES string of the molecule is CC1CCN(c2ccc(Nc3cc(Nc4ccccc4C#N)ncn3)cc2)CC1. The van der Waals surface area contributed by atoms with Gasteiger partial charge in [0.1, 0.15) is 24.0 Å². The summed E-state index contributed by atoms with van der Waals surface area (Å²) in [6.45, 7) is 4.58. The molecular weight excluding hydrogens is 360 g/mol. The van der Waals surface area contributed by atoms with Crippen molar-refractivity contribution >= 4 is 28.7 Å². The van der Waals surface area contributed by atoms with Crippen LogP contribution in [0.2, 0.25) is 0 Å². The maximum Gasteiger partial charge on any atom is 0.135 e. The molecule has 2 heterocycles. The molecule has 0 amide bonds. The fourth-order valence-electron chi connectivity index (χ4n) is 3.49. The first-order valence-corrected chi connectivity index (χ1v) is 9.91. The lowest BCUT2D eigenvalue weighted by Crippen LogP contribution is -2.32. The van der Waals surface area contributed by atoms with Gasteiger partial charge in [0.25, 0.3) is 0 Å². The van der Waals surface area contributed by atoms with E-state index in [2.05, 4.69) is 62.8 Å². The number of anilines is 5. The largest absolute Gasteiger partial charge is 0.372 e. The molecule has 2 N–H and O–H groups in total. The quantitative estimate of drug-likeness (QED) is 0.639. The Labute approximate surface area is 171 Å². The Morgan fingerprint density at radius 2 is 1.66 bits per heavy atom. The molecule has 1 saturated heterocycles. The van der Waals surface area contributed by atoms with Gasteiger partial charge < -0.3 is 15.5 Å². The van der Waals surface area contributed by atoms with Crippen LogP contribution in [0, 0.1) is 17.2 Å². The van der Waals surface area contributed by atoms with Gasteiger partial charge in [-0.2, -0.15) is 5.26 Å². The van der Waals surface area contributed by atoms with Crippen molar-refractivity contribution in [2.45, 2.75) is 19.8 Å². The minimum absolute atomic E-state index is 0.573. The number of hydrogen-bond donors (Lipinski definition) is 2. The van der Waals surface area contributed by atoms with Crippen molar-refractivity contribution in [2.75, 3.05) is 28.6 Å². The normalized spacial score (nSPS) is 14.3. The number of piperidine rings is 1. The molecule has 2 aromatic carbocycles. The average Bonchev–Trinajstić information content (AvgIpc) is 2.76. The number of benzene rings is 2. The highest BCUT2D eigenvalue weighted by atomic mass is 15.1. The standard InChI is InChI=1S/C23H24N6/c1-17-10-12-29(13-11-17)20-8-6-19(7-9-20)27-22-14-23(26-16-25-22)28-21-5-3-2-4-18(21)15-24/h2-9,14,16-17H,10-13H2,1H3,(H2,25,26,27,28). The minimum atomic E-state index is 0.573. The number of nitrogens with one attached hydrogen (secondary N) is 2. The first-order valence-electron chi connectivity index (χ1n) is 9.91. The van der Waals surface area contributed by atoms with E-state index in [1.54, 1.807) is 6.07 Å². The van der Waals surface area contributed by atoms with E-state index >= 15 is 0 Å². The zero-order chi connectivity index (χ0) is 20.1. The number of para-hydroxylation sites is 1. The van der Waals surface area contributed by atoms with Gasteiger partial charge in [-0.15, -0.1) is 0 Å². The number of rotatable bonds is 5. The molecule has 0 unspecified atom stereocenters. The number of aromatic nitrogens is 2. The molecule has 0 bridgehead atoms.